The number of ketones is 1. The number of aliphatic imine (C=N–C) groups is 1. The van der Waals surface area contributed by atoms with E-state index in [-0.39, 0.29) is 17.9 Å². The quantitative estimate of drug-likeness (QED) is 0.565. The Balaban J connectivity index is 2.08. The average Bonchev–Trinajstić information content (AvgIpc) is 2.33. The van der Waals surface area contributed by atoms with E-state index >= 15 is 0 Å². The summed E-state index contributed by atoms with van der Waals surface area (Å²) in [5.41, 5.74) is 0.809. The van der Waals surface area contributed by atoms with Gasteiger partial charge in [-0.15, -0.1) is 0 Å². The van der Waals surface area contributed by atoms with Gasteiger partial charge in [0.25, 0.3) is 0 Å². The zero-order valence-corrected chi connectivity index (χ0v) is 8.68. The van der Waals surface area contributed by atoms with Crippen molar-refractivity contribution < 1.29 is 14.3 Å². The van der Waals surface area contributed by atoms with E-state index in [0.717, 1.165) is 0 Å². The van der Waals surface area contributed by atoms with E-state index in [1.807, 2.05) is 6.07 Å². The van der Waals surface area contributed by atoms with Crippen LogP contribution < -0.4 is 0 Å². The summed E-state index contributed by atoms with van der Waals surface area (Å²) >= 11 is 0. The second-order valence-electron chi connectivity index (χ2n) is 3.43. The molecule has 0 bridgehead atoms. The molecule has 1 aliphatic rings. The lowest BCUT2D eigenvalue weighted by Crippen LogP contribution is -2.26. The number of hydrogen-bond acceptors (Lipinski definition) is 4. The topological polar surface area (TPSA) is 55.7 Å². The molecule has 4 nitrogen and oxygen atoms in total. The molecule has 1 aromatic carbocycles. The van der Waals surface area contributed by atoms with E-state index in [1.54, 1.807) is 24.3 Å². The van der Waals surface area contributed by atoms with Gasteiger partial charge in [0.05, 0.1) is 13.0 Å². The summed E-state index contributed by atoms with van der Waals surface area (Å²) in [6.45, 7) is 0.755. The number of carbonyl (C=O) groups is 2. The van der Waals surface area contributed by atoms with Crippen LogP contribution in [0, 0.1) is 0 Å². The molecule has 4 heteroatoms. The average molecular weight is 217 g/mol. The summed E-state index contributed by atoms with van der Waals surface area (Å²) in [5, 5.41) is 0. The highest BCUT2D eigenvalue weighted by molar-refractivity contribution is 6.41. The Hall–Kier alpha value is -1.97. The van der Waals surface area contributed by atoms with Crippen molar-refractivity contribution in [3.63, 3.8) is 0 Å². The fraction of sp³-hybridized carbons (Fsp3) is 0.250. The third-order valence-corrected chi connectivity index (χ3v) is 2.29. The van der Waals surface area contributed by atoms with Crippen LogP contribution in [-0.4, -0.2) is 30.6 Å². The van der Waals surface area contributed by atoms with E-state index in [4.69, 9.17) is 4.74 Å². The summed E-state index contributed by atoms with van der Waals surface area (Å²) in [5.74, 6) is -0.589. The van der Waals surface area contributed by atoms with Gasteiger partial charge >= 0.3 is 5.97 Å². The summed E-state index contributed by atoms with van der Waals surface area (Å²) in [6, 6.07) is 8.85. The van der Waals surface area contributed by atoms with Gasteiger partial charge in [-0.1, -0.05) is 30.3 Å². The fourth-order valence-electron chi connectivity index (χ4n) is 1.47. The number of benzene rings is 1. The molecule has 0 aliphatic carbocycles. The maximum Gasteiger partial charge on any atom is 0.352 e. The first-order chi connectivity index (χ1) is 7.77. The highest BCUT2D eigenvalue weighted by Gasteiger charge is 2.20. The Bertz CT molecular complexity index is 437. The number of cyclic esters (lactones) is 1. The summed E-state index contributed by atoms with van der Waals surface area (Å²) in [6.07, 6.45) is 0.0167. The van der Waals surface area contributed by atoms with E-state index in [9.17, 15) is 9.59 Å². The van der Waals surface area contributed by atoms with Crippen molar-refractivity contribution in [3.8, 4) is 0 Å². The molecule has 1 heterocycles. The molecule has 0 N–H and O–H groups in total. The van der Waals surface area contributed by atoms with Crippen molar-refractivity contribution in [1.82, 2.24) is 0 Å². The minimum absolute atomic E-state index is 0.0167. The van der Waals surface area contributed by atoms with Crippen LogP contribution >= 0.6 is 0 Å². The van der Waals surface area contributed by atoms with Crippen molar-refractivity contribution in [3.05, 3.63) is 35.9 Å². The number of rotatable bonds is 3. The molecule has 0 saturated heterocycles. The first-order valence-corrected chi connectivity index (χ1v) is 5.06. The van der Waals surface area contributed by atoms with E-state index < -0.39 is 5.97 Å². The third kappa shape index (κ3) is 2.34. The largest absolute Gasteiger partial charge is 0.459 e. The molecule has 0 fully saturated rings. The first kappa shape index (κ1) is 10.5. The van der Waals surface area contributed by atoms with Gasteiger partial charge in [0, 0.05) is 5.56 Å². The van der Waals surface area contributed by atoms with Crippen LogP contribution in [0.1, 0.15) is 16.8 Å². The zero-order chi connectivity index (χ0) is 11.4. The van der Waals surface area contributed by atoms with Crippen molar-refractivity contribution in [2.45, 2.75) is 6.42 Å². The fourth-order valence-corrected chi connectivity index (χ4v) is 1.47. The molecule has 2 rings (SSSR count). The van der Waals surface area contributed by atoms with Crippen LogP contribution in [0.15, 0.2) is 35.3 Å². The number of nitrogens with zero attached hydrogens (tertiary/aromatic N) is 1. The zero-order valence-electron chi connectivity index (χ0n) is 8.68. The lowest BCUT2D eigenvalue weighted by Gasteiger charge is -2.11. The minimum Gasteiger partial charge on any atom is -0.459 e. The van der Waals surface area contributed by atoms with Gasteiger partial charge in [-0.3, -0.25) is 9.79 Å². The highest BCUT2D eigenvalue weighted by Crippen LogP contribution is 2.06. The number of hydrogen-bond donors (Lipinski definition) is 0. The van der Waals surface area contributed by atoms with Gasteiger partial charge in [0.15, 0.2) is 5.78 Å². The summed E-state index contributed by atoms with van der Waals surface area (Å²) in [7, 11) is 0. The lowest BCUT2D eigenvalue weighted by molar-refractivity contribution is -0.136. The molecule has 0 amide bonds. The predicted molar refractivity (Wildman–Crippen MR) is 58.7 cm³/mol. The molecule has 0 atom stereocenters. The Labute approximate surface area is 92.9 Å². The molecule has 1 aliphatic heterocycles. The van der Waals surface area contributed by atoms with Gasteiger partial charge in [-0.25, -0.2) is 4.79 Å². The van der Waals surface area contributed by atoms with Crippen molar-refractivity contribution in [2.24, 2.45) is 4.99 Å². The number of esters is 1. The molecule has 0 aromatic heterocycles. The van der Waals surface area contributed by atoms with Crippen molar-refractivity contribution in [2.75, 3.05) is 13.2 Å². The lowest BCUT2D eigenvalue weighted by atomic mass is 10.1. The Morgan fingerprint density at radius 3 is 2.75 bits per heavy atom. The SMILES string of the molecule is O=C1OCCN=C1CC(=O)c1ccccc1. The summed E-state index contributed by atoms with van der Waals surface area (Å²) in [4.78, 5) is 27.0. The van der Waals surface area contributed by atoms with E-state index in [1.165, 1.54) is 0 Å². The van der Waals surface area contributed by atoms with E-state index in [0.29, 0.717) is 18.7 Å². The molecule has 1 aromatic rings. The van der Waals surface area contributed by atoms with Gasteiger partial charge < -0.3 is 4.74 Å². The smallest absolute Gasteiger partial charge is 0.352 e. The standard InChI is InChI=1S/C12H11NO3/c14-11(9-4-2-1-3-5-9)8-10-12(15)16-7-6-13-10/h1-5H,6-8H2. The third-order valence-electron chi connectivity index (χ3n) is 2.29. The van der Waals surface area contributed by atoms with Gasteiger partial charge in [0.1, 0.15) is 12.3 Å². The molecular weight excluding hydrogens is 206 g/mol. The van der Waals surface area contributed by atoms with Gasteiger partial charge in [0.2, 0.25) is 0 Å². The number of carbonyl (C=O) groups excluding carboxylic acids is 2. The highest BCUT2D eigenvalue weighted by atomic mass is 16.5. The van der Waals surface area contributed by atoms with Crippen LogP contribution in [0.4, 0.5) is 0 Å². The van der Waals surface area contributed by atoms with Crippen LogP contribution in [0.2, 0.25) is 0 Å². The van der Waals surface area contributed by atoms with Crippen LogP contribution in [0.5, 0.6) is 0 Å². The number of Topliss-reactive ketones (excluding diaryl/α,β-unsaturated/α-hetero) is 1. The molecular formula is C12H11NO3. The first-order valence-electron chi connectivity index (χ1n) is 5.06. The molecule has 0 unspecified atom stereocenters. The predicted octanol–water partition coefficient (Wildman–Crippen LogP) is 1.26. The van der Waals surface area contributed by atoms with Gasteiger partial charge in [-0.2, -0.15) is 0 Å². The molecule has 0 saturated carbocycles. The molecule has 0 radical (unpaired) electrons. The summed E-state index contributed by atoms with van der Waals surface area (Å²) < 4.78 is 4.81. The van der Waals surface area contributed by atoms with Crippen LogP contribution in [0.3, 0.4) is 0 Å². The monoisotopic (exact) mass is 217 g/mol. The molecule has 0 spiro atoms. The van der Waals surface area contributed by atoms with Crippen LogP contribution in [-0.2, 0) is 9.53 Å². The minimum atomic E-state index is -0.476. The second kappa shape index (κ2) is 4.70. The normalized spacial score (nSPS) is 15.2. The van der Waals surface area contributed by atoms with Crippen molar-refractivity contribution >= 4 is 17.5 Å². The van der Waals surface area contributed by atoms with E-state index in [2.05, 4.69) is 4.99 Å². The molecule has 16 heavy (non-hydrogen) atoms. The number of ether oxygens (including phenoxy) is 1. The second-order valence-corrected chi connectivity index (χ2v) is 3.43. The maximum atomic E-state index is 11.8. The molecule has 82 valence electrons. The maximum absolute atomic E-state index is 11.8. The Kier molecular flexibility index (Phi) is 3.10. The van der Waals surface area contributed by atoms with Gasteiger partial charge in [-0.05, 0) is 0 Å². The van der Waals surface area contributed by atoms with Crippen molar-refractivity contribution in [1.29, 1.82) is 0 Å². The van der Waals surface area contributed by atoms with Crippen LogP contribution in [0.25, 0.3) is 0 Å². The Morgan fingerprint density at radius 2 is 2.06 bits per heavy atom. The Morgan fingerprint density at radius 1 is 1.31 bits per heavy atom.